The Kier molecular flexibility index (Phi) is 10.3. The van der Waals surface area contributed by atoms with E-state index in [4.69, 9.17) is 18.9 Å². The monoisotopic (exact) mass is 780 g/mol. The summed E-state index contributed by atoms with van der Waals surface area (Å²) in [6.07, 6.45) is -7.39. The van der Waals surface area contributed by atoms with Gasteiger partial charge < -0.3 is 59.8 Å². The third-order valence-electron chi connectivity index (χ3n) is 17.0. The van der Waals surface area contributed by atoms with Gasteiger partial charge in [0.1, 0.15) is 36.6 Å². The van der Waals surface area contributed by atoms with Crippen LogP contribution in [0.3, 0.4) is 0 Å². The molecule has 4 saturated carbocycles. The van der Waals surface area contributed by atoms with Crippen LogP contribution in [0.25, 0.3) is 0 Å². The molecule has 0 spiro atoms. The lowest BCUT2D eigenvalue weighted by molar-refractivity contribution is -0.366. The molecule has 14 heteroatoms. The van der Waals surface area contributed by atoms with E-state index in [2.05, 4.69) is 54.5 Å². The van der Waals surface area contributed by atoms with Crippen LogP contribution in [0.5, 0.6) is 0 Å². The topological polar surface area (TPSA) is 233 Å². The summed E-state index contributed by atoms with van der Waals surface area (Å²) in [5.74, 6) is -2.00. The van der Waals surface area contributed by atoms with Crippen molar-refractivity contribution in [2.75, 3.05) is 6.61 Å². The maximum Gasteiger partial charge on any atom is 0.335 e. The smallest absolute Gasteiger partial charge is 0.335 e. The van der Waals surface area contributed by atoms with Gasteiger partial charge in [0.15, 0.2) is 18.7 Å². The summed E-state index contributed by atoms with van der Waals surface area (Å²) >= 11 is 0. The first-order valence-corrected chi connectivity index (χ1v) is 20.3. The number of aliphatic carboxylic acids is 2. The van der Waals surface area contributed by atoms with Crippen molar-refractivity contribution in [3.63, 3.8) is 0 Å². The van der Waals surface area contributed by atoms with Crippen LogP contribution in [-0.4, -0.2) is 127 Å². The lowest BCUT2D eigenvalue weighted by Gasteiger charge is -2.71. The molecule has 18 atom stereocenters. The number of hydrogen-bond donors (Lipinski definition) is 8. The lowest BCUT2D eigenvalue weighted by atomic mass is 9.33. The van der Waals surface area contributed by atoms with Gasteiger partial charge in [-0.15, -0.1) is 0 Å². The maximum atomic E-state index is 13.1. The van der Waals surface area contributed by atoms with Crippen LogP contribution in [0.2, 0.25) is 0 Å². The fraction of sp³-hybridized carbons (Fsp3) is 0.902. The van der Waals surface area contributed by atoms with Gasteiger partial charge in [-0.25, -0.2) is 4.79 Å². The first kappa shape index (κ1) is 41.4. The van der Waals surface area contributed by atoms with Crippen molar-refractivity contribution in [2.24, 2.45) is 50.2 Å². The Labute approximate surface area is 323 Å². The highest BCUT2D eigenvalue weighted by Gasteiger charge is 2.70. The first-order valence-electron chi connectivity index (χ1n) is 20.3. The van der Waals surface area contributed by atoms with Gasteiger partial charge in [-0.05, 0) is 103 Å². The molecule has 0 aromatic heterocycles. The van der Waals surface area contributed by atoms with Crippen molar-refractivity contribution < 1.29 is 69.4 Å². The van der Waals surface area contributed by atoms with Gasteiger partial charge in [-0.1, -0.05) is 60.1 Å². The van der Waals surface area contributed by atoms with Crippen LogP contribution in [0.4, 0.5) is 0 Å². The summed E-state index contributed by atoms with van der Waals surface area (Å²) in [4.78, 5) is 25.2. The van der Waals surface area contributed by atoms with Gasteiger partial charge >= 0.3 is 11.9 Å². The molecule has 55 heavy (non-hydrogen) atoms. The first-order chi connectivity index (χ1) is 25.5. The number of hydrogen-bond acceptors (Lipinski definition) is 12. The summed E-state index contributed by atoms with van der Waals surface area (Å²) in [7, 11) is 0. The number of ether oxygens (including phenoxy) is 4. The fourth-order valence-corrected chi connectivity index (χ4v) is 13.3. The molecule has 7 aliphatic rings. The van der Waals surface area contributed by atoms with Gasteiger partial charge in [0.2, 0.25) is 0 Å². The average Bonchev–Trinajstić information content (AvgIpc) is 3.09. The highest BCUT2D eigenvalue weighted by atomic mass is 16.8. The second-order valence-corrected chi connectivity index (χ2v) is 20.3. The van der Waals surface area contributed by atoms with E-state index in [0.717, 1.165) is 32.1 Å². The van der Waals surface area contributed by atoms with Crippen LogP contribution < -0.4 is 0 Å². The zero-order valence-electron chi connectivity index (χ0n) is 33.3. The van der Waals surface area contributed by atoms with E-state index in [1.807, 2.05) is 0 Å². The molecule has 0 amide bonds. The molecule has 14 nitrogen and oxygen atoms in total. The molecular weight excluding hydrogens is 716 g/mol. The molecule has 2 heterocycles. The van der Waals surface area contributed by atoms with E-state index in [0.29, 0.717) is 19.3 Å². The molecule has 2 saturated heterocycles. The quantitative estimate of drug-likeness (QED) is 0.143. The van der Waals surface area contributed by atoms with Crippen LogP contribution in [0, 0.1) is 50.2 Å². The molecule has 0 bridgehead atoms. The molecule has 5 aliphatic carbocycles. The Balaban J connectivity index is 1.16. The third kappa shape index (κ3) is 6.01. The summed E-state index contributed by atoms with van der Waals surface area (Å²) in [6, 6.07) is 0. The van der Waals surface area contributed by atoms with Crippen molar-refractivity contribution in [3.05, 3.63) is 11.6 Å². The molecule has 0 aromatic carbocycles. The highest BCUT2D eigenvalue weighted by molar-refractivity contribution is 5.77. The molecular formula is C41H64O14. The minimum atomic E-state index is -1.90. The van der Waals surface area contributed by atoms with Crippen molar-refractivity contribution in [2.45, 2.75) is 174 Å². The minimum absolute atomic E-state index is 0.115. The van der Waals surface area contributed by atoms with E-state index in [9.17, 15) is 50.4 Å². The SMILES string of the molecule is CC1(C)C[C@H]2C3=CC[C@@H]4[C@@]5(C)CC[C@H](O[C@@H]6O[C@H](C(=O)O)[C@@H](O)[C@H](O)[C@H]6O[C@@H]6OC[C@H](O)[C@H](O)[C@H]6O)C(C)(C)[C@@H]5CC[C@@]4(C)[C@]3(C)CC[C@@]2(C(=O)O)C[C@@H]1O. The van der Waals surface area contributed by atoms with Crippen molar-refractivity contribution in [3.8, 4) is 0 Å². The molecule has 312 valence electrons. The second-order valence-electron chi connectivity index (χ2n) is 20.3. The van der Waals surface area contributed by atoms with E-state index in [-0.39, 0.29) is 47.0 Å². The molecule has 6 fully saturated rings. The van der Waals surface area contributed by atoms with Gasteiger partial charge in [0.25, 0.3) is 0 Å². The van der Waals surface area contributed by atoms with Crippen molar-refractivity contribution in [1.29, 1.82) is 0 Å². The van der Waals surface area contributed by atoms with Gasteiger partial charge in [-0.3, -0.25) is 4.79 Å². The number of carboxylic acids is 2. The molecule has 2 aliphatic heterocycles. The van der Waals surface area contributed by atoms with Crippen molar-refractivity contribution in [1.82, 2.24) is 0 Å². The standard InChI is InChI=1S/C41H64O14/c1-36(2)16-20-19-8-9-23-38(5)12-11-25(37(3,4)22(38)10-13-40(23,7)39(19,6)14-15-41(20,35(50)51)17-24(36)43)53-34-31(28(46)27(45)30(54-34)32(48)49)55-33-29(47)26(44)21(42)18-52-33/h8,20-31,33-34,42-47H,9-18H2,1-7H3,(H,48,49)(H,50,51)/t20-,21-,22-,23+,24-,25-,26-,27-,28-,29+,30-,31+,33-,34+,38-,39+,40+,41+/m0/s1. The third-order valence-corrected chi connectivity index (χ3v) is 17.0. The summed E-state index contributed by atoms with van der Waals surface area (Å²) in [5, 5.41) is 84.4. The van der Waals surface area contributed by atoms with E-state index in [1.54, 1.807) is 0 Å². The zero-order chi connectivity index (χ0) is 40.4. The van der Waals surface area contributed by atoms with Crippen LogP contribution in [0.15, 0.2) is 11.6 Å². The number of fused-ring (bicyclic) bond motifs is 7. The predicted molar refractivity (Wildman–Crippen MR) is 194 cm³/mol. The number of aliphatic hydroxyl groups is 6. The molecule has 0 unspecified atom stereocenters. The van der Waals surface area contributed by atoms with Crippen LogP contribution >= 0.6 is 0 Å². The van der Waals surface area contributed by atoms with E-state index >= 15 is 0 Å². The molecule has 0 radical (unpaired) electrons. The Morgan fingerprint density at radius 1 is 0.764 bits per heavy atom. The maximum absolute atomic E-state index is 13.1. The number of allylic oxidation sites excluding steroid dienone is 2. The minimum Gasteiger partial charge on any atom is -0.481 e. The number of carbonyl (C=O) groups is 2. The van der Waals surface area contributed by atoms with Gasteiger partial charge in [-0.2, -0.15) is 0 Å². The van der Waals surface area contributed by atoms with Crippen LogP contribution in [-0.2, 0) is 28.5 Å². The summed E-state index contributed by atoms with van der Waals surface area (Å²) in [6.45, 7) is 15.2. The Morgan fingerprint density at radius 2 is 1.45 bits per heavy atom. The largest absolute Gasteiger partial charge is 0.481 e. The average molecular weight is 781 g/mol. The normalized spacial score (nSPS) is 53.1. The van der Waals surface area contributed by atoms with Gasteiger partial charge in [0.05, 0.1) is 24.2 Å². The Hall–Kier alpha value is -1.72. The van der Waals surface area contributed by atoms with Gasteiger partial charge in [0, 0.05) is 0 Å². The van der Waals surface area contributed by atoms with Crippen LogP contribution in [0.1, 0.15) is 106 Å². The Bertz CT molecular complexity index is 1550. The predicted octanol–water partition coefficient (Wildman–Crippen LogP) is 2.58. The Morgan fingerprint density at radius 3 is 2.11 bits per heavy atom. The summed E-state index contributed by atoms with van der Waals surface area (Å²) < 4.78 is 23.8. The molecule has 7 rings (SSSR count). The second kappa shape index (κ2) is 13.7. The summed E-state index contributed by atoms with van der Waals surface area (Å²) in [5.41, 5.74) is -1.06. The van der Waals surface area contributed by atoms with E-state index in [1.165, 1.54) is 5.57 Å². The zero-order valence-corrected chi connectivity index (χ0v) is 33.3. The lowest BCUT2D eigenvalue weighted by Crippen LogP contribution is -2.67. The number of carboxylic acid groups (broad SMARTS) is 2. The number of rotatable bonds is 6. The molecule has 8 N–H and O–H groups in total. The van der Waals surface area contributed by atoms with Crippen molar-refractivity contribution >= 4 is 11.9 Å². The molecule has 0 aromatic rings. The highest BCUT2D eigenvalue weighted by Crippen LogP contribution is 2.76. The van der Waals surface area contributed by atoms with E-state index < -0.39 is 95.7 Å². The number of aliphatic hydroxyl groups excluding tert-OH is 6. The fourth-order valence-electron chi connectivity index (χ4n) is 13.3.